The number of piperazine rings is 1. The number of pyridine rings is 2. The van der Waals surface area contributed by atoms with E-state index in [4.69, 9.17) is 14.2 Å². The monoisotopic (exact) mass is 599 g/mol. The molecule has 1 amide bonds. The van der Waals surface area contributed by atoms with Gasteiger partial charge in [0.25, 0.3) is 5.56 Å². The van der Waals surface area contributed by atoms with Crippen LogP contribution in [-0.4, -0.2) is 65.9 Å². The zero-order valence-electron chi connectivity index (χ0n) is 25.2. The number of ether oxygens (including phenoxy) is 1. The molecular formula is C31H37N9O4. The van der Waals surface area contributed by atoms with Crippen LogP contribution in [0.25, 0.3) is 22.4 Å². The van der Waals surface area contributed by atoms with Crippen LogP contribution in [0.15, 0.2) is 39.9 Å². The number of anilines is 2. The average Bonchev–Trinajstić information content (AvgIpc) is 3.48. The molecule has 1 saturated heterocycles. The van der Waals surface area contributed by atoms with Crippen molar-refractivity contribution in [1.29, 1.82) is 0 Å². The molecule has 0 spiro atoms. The lowest BCUT2D eigenvalue weighted by molar-refractivity contribution is 0.0117. The van der Waals surface area contributed by atoms with Gasteiger partial charge in [0.05, 0.1) is 11.6 Å². The van der Waals surface area contributed by atoms with E-state index in [1.54, 1.807) is 27.9 Å². The largest absolute Gasteiger partial charge is 0.444 e. The number of hydrogen-bond donors (Lipinski definition) is 2. The predicted molar refractivity (Wildman–Crippen MR) is 163 cm³/mol. The Bertz CT molecular complexity index is 1730. The molecule has 2 aliphatic carbocycles. The third-order valence-electron chi connectivity index (χ3n) is 8.35. The summed E-state index contributed by atoms with van der Waals surface area (Å²) < 4.78 is 12.9. The molecule has 0 aromatic carbocycles. The van der Waals surface area contributed by atoms with E-state index in [2.05, 4.69) is 30.7 Å². The molecule has 1 aliphatic heterocycles. The van der Waals surface area contributed by atoms with Crippen LogP contribution in [0.1, 0.15) is 88.8 Å². The average molecular weight is 600 g/mol. The maximum Gasteiger partial charge on any atom is 0.410 e. The third-order valence-corrected chi connectivity index (χ3v) is 8.35. The van der Waals surface area contributed by atoms with Crippen molar-refractivity contribution in [3.05, 3.63) is 52.4 Å². The van der Waals surface area contributed by atoms with E-state index in [0.29, 0.717) is 60.2 Å². The van der Waals surface area contributed by atoms with Crippen molar-refractivity contribution in [2.75, 3.05) is 25.0 Å². The molecule has 44 heavy (non-hydrogen) atoms. The number of fused-ring (bicyclic) bond motifs is 1. The first-order chi connectivity index (χ1) is 21.2. The summed E-state index contributed by atoms with van der Waals surface area (Å²) in [5.74, 6) is 2.10. The lowest BCUT2D eigenvalue weighted by Crippen LogP contribution is -2.50. The van der Waals surface area contributed by atoms with Gasteiger partial charge < -0.3 is 19.9 Å². The number of amides is 1. The topological polar surface area (TPSA) is 153 Å². The van der Waals surface area contributed by atoms with Gasteiger partial charge in [0.2, 0.25) is 17.7 Å². The molecule has 5 heterocycles. The Hall–Kier alpha value is -4.39. The molecule has 4 aromatic rings. The minimum atomic E-state index is -0.574. The lowest BCUT2D eigenvalue weighted by Gasteiger charge is -2.37. The summed E-state index contributed by atoms with van der Waals surface area (Å²) in [4.78, 5) is 47.0. The standard InChI is InChI=1S/C31H37N9O4/c1-31(2,3)43-30(42)39-13-12-32-17-23(39)19-10-11-24(33-15-19)35-29-34-16-20-14-22(25-36-27(44-38-25)18-8-9-18)28(41)40(26(20)37-29)21-6-4-5-7-21/h10-11,14-16,18,21,23,32H,4-9,12-13,17H2,1-3H3,(H,33,34,35,37). The van der Waals surface area contributed by atoms with Crippen LogP contribution in [0.2, 0.25) is 0 Å². The van der Waals surface area contributed by atoms with Crippen molar-refractivity contribution in [1.82, 2.24) is 39.9 Å². The van der Waals surface area contributed by atoms with Crippen LogP contribution in [0.4, 0.5) is 16.6 Å². The number of carbonyl (C=O) groups is 1. The predicted octanol–water partition coefficient (Wildman–Crippen LogP) is 4.85. The van der Waals surface area contributed by atoms with Gasteiger partial charge in [0.1, 0.15) is 17.1 Å². The second-order valence-electron chi connectivity index (χ2n) is 12.9. The highest BCUT2D eigenvalue weighted by molar-refractivity contribution is 5.80. The molecule has 4 aromatic heterocycles. The summed E-state index contributed by atoms with van der Waals surface area (Å²) in [7, 11) is 0. The van der Waals surface area contributed by atoms with Crippen molar-refractivity contribution >= 4 is 28.9 Å². The van der Waals surface area contributed by atoms with E-state index in [1.807, 2.05) is 32.9 Å². The SMILES string of the molecule is CC(C)(C)OC(=O)N1CCNCC1c1ccc(Nc2ncc3cc(-c4noc(C5CC5)n4)c(=O)n(C4CCCC4)c3n2)nc1. The van der Waals surface area contributed by atoms with Crippen LogP contribution in [0, 0.1) is 0 Å². The van der Waals surface area contributed by atoms with Gasteiger partial charge in [-0.05, 0) is 64.2 Å². The van der Waals surface area contributed by atoms with Gasteiger partial charge in [-0.25, -0.2) is 14.8 Å². The molecule has 3 aliphatic rings. The summed E-state index contributed by atoms with van der Waals surface area (Å²) in [6.45, 7) is 7.44. The second-order valence-corrected chi connectivity index (χ2v) is 12.9. The van der Waals surface area contributed by atoms with Gasteiger partial charge in [0.15, 0.2) is 0 Å². The molecule has 3 fully saturated rings. The van der Waals surface area contributed by atoms with Crippen molar-refractivity contribution in [3.8, 4) is 11.4 Å². The normalized spacial score (nSPS) is 19.4. The number of hydrogen-bond acceptors (Lipinski definition) is 11. The maximum atomic E-state index is 13.9. The first-order valence-electron chi connectivity index (χ1n) is 15.4. The molecule has 1 unspecified atom stereocenters. The molecule has 0 radical (unpaired) electrons. The highest BCUT2D eigenvalue weighted by atomic mass is 16.6. The van der Waals surface area contributed by atoms with Gasteiger partial charge >= 0.3 is 6.09 Å². The Morgan fingerprint density at radius 2 is 1.91 bits per heavy atom. The van der Waals surface area contributed by atoms with E-state index >= 15 is 0 Å². The van der Waals surface area contributed by atoms with Crippen molar-refractivity contribution in [3.63, 3.8) is 0 Å². The Kier molecular flexibility index (Phi) is 7.27. The third kappa shape index (κ3) is 5.75. The molecule has 13 heteroatoms. The fourth-order valence-corrected chi connectivity index (χ4v) is 6.01. The van der Waals surface area contributed by atoms with Crippen LogP contribution in [-0.2, 0) is 4.74 Å². The fraction of sp³-hybridized carbons (Fsp3) is 0.516. The highest BCUT2D eigenvalue weighted by Gasteiger charge is 2.33. The summed E-state index contributed by atoms with van der Waals surface area (Å²) in [6.07, 6.45) is 9.13. The Balaban J connectivity index is 1.16. The Morgan fingerprint density at radius 1 is 1.09 bits per heavy atom. The van der Waals surface area contributed by atoms with Crippen LogP contribution < -0.4 is 16.2 Å². The molecule has 1 atom stereocenters. The van der Waals surface area contributed by atoms with Gasteiger partial charge in [-0.15, -0.1) is 0 Å². The zero-order valence-corrected chi connectivity index (χ0v) is 25.2. The molecule has 13 nitrogen and oxygen atoms in total. The van der Waals surface area contributed by atoms with Crippen molar-refractivity contribution in [2.24, 2.45) is 0 Å². The molecular weight excluding hydrogens is 562 g/mol. The van der Waals surface area contributed by atoms with Gasteiger partial charge in [0, 0.05) is 49.4 Å². The van der Waals surface area contributed by atoms with Gasteiger partial charge in [-0.2, -0.15) is 9.97 Å². The first kappa shape index (κ1) is 28.4. The Morgan fingerprint density at radius 3 is 2.64 bits per heavy atom. The quantitative estimate of drug-likeness (QED) is 0.313. The van der Waals surface area contributed by atoms with Crippen LogP contribution in [0.3, 0.4) is 0 Å². The first-order valence-corrected chi connectivity index (χ1v) is 15.4. The minimum Gasteiger partial charge on any atom is -0.444 e. The number of rotatable bonds is 6. The lowest BCUT2D eigenvalue weighted by atomic mass is 10.1. The van der Waals surface area contributed by atoms with E-state index in [-0.39, 0.29) is 23.7 Å². The zero-order chi connectivity index (χ0) is 30.4. The summed E-state index contributed by atoms with van der Waals surface area (Å²) in [5.41, 5.74) is 1.11. The summed E-state index contributed by atoms with van der Waals surface area (Å²) >= 11 is 0. The van der Waals surface area contributed by atoms with E-state index in [1.165, 1.54) is 0 Å². The van der Waals surface area contributed by atoms with E-state index in [0.717, 1.165) is 49.5 Å². The van der Waals surface area contributed by atoms with E-state index in [9.17, 15) is 9.59 Å². The molecule has 0 bridgehead atoms. The second kappa shape index (κ2) is 11.3. The molecule has 7 rings (SSSR count). The molecule has 230 valence electrons. The van der Waals surface area contributed by atoms with Gasteiger partial charge in [-0.3, -0.25) is 14.3 Å². The molecule has 2 N–H and O–H groups in total. The number of aromatic nitrogens is 6. The van der Waals surface area contributed by atoms with Crippen molar-refractivity contribution < 1.29 is 14.1 Å². The molecule has 2 saturated carbocycles. The summed E-state index contributed by atoms with van der Waals surface area (Å²) in [6, 6.07) is 5.37. The smallest absolute Gasteiger partial charge is 0.410 e. The van der Waals surface area contributed by atoms with Crippen LogP contribution >= 0.6 is 0 Å². The van der Waals surface area contributed by atoms with Crippen LogP contribution in [0.5, 0.6) is 0 Å². The maximum absolute atomic E-state index is 13.9. The van der Waals surface area contributed by atoms with Crippen molar-refractivity contribution in [2.45, 2.75) is 82.9 Å². The van der Waals surface area contributed by atoms with Gasteiger partial charge in [-0.1, -0.05) is 24.1 Å². The Labute approximate surface area is 254 Å². The number of nitrogens with zero attached hydrogens (tertiary/aromatic N) is 7. The number of nitrogens with one attached hydrogen (secondary N) is 2. The summed E-state index contributed by atoms with van der Waals surface area (Å²) in [5, 5.41) is 11.4. The number of carbonyl (C=O) groups excluding carboxylic acids is 1. The fourth-order valence-electron chi connectivity index (χ4n) is 6.01. The highest BCUT2D eigenvalue weighted by Crippen LogP contribution is 2.39. The minimum absolute atomic E-state index is 0.0388. The van der Waals surface area contributed by atoms with E-state index < -0.39 is 5.60 Å².